The number of benzene rings is 1. The van der Waals surface area contributed by atoms with Crippen LogP contribution in [0.25, 0.3) is 33.3 Å². The molecule has 2 aliphatic rings. The van der Waals surface area contributed by atoms with Crippen molar-refractivity contribution < 1.29 is 23.9 Å². The van der Waals surface area contributed by atoms with Crippen molar-refractivity contribution in [1.29, 1.82) is 0 Å². The van der Waals surface area contributed by atoms with Crippen molar-refractivity contribution >= 4 is 34.4 Å². The number of nitrogens with zero attached hydrogens (tertiary/aromatic N) is 6. The topological polar surface area (TPSA) is 197 Å². The molecule has 6 N–H and O–H groups in total. The first-order valence-corrected chi connectivity index (χ1v) is 14.7. The molecule has 5 aromatic rings. The van der Waals surface area contributed by atoms with Crippen LogP contribution in [-0.4, -0.2) is 83.0 Å². The molecule has 0 saturated carbocycles. The van der Waals surface area contributed by atoms with Crippen molar-refractivity contribution in [2.24, 2.45) is 5.73 Å². The largest absolute Gasteiger partial charge is 0.373 e. The number of fused-ring (bicyclic) bond motifs is 2. The number of carbonyl (C=O) groups excluding carboxylic acids is 3. The summed E-state index contributed by atoms with van der Waals surface area (Å²) >= 11 is 0. The predicted octanol–water partition coefficient (Wildman–Crippen LogP) is 1.70. The van der Waals surface area contributed by atoms with Gasteiger partial charge in [0.1, 0.15) is 36.5 Å². The number of rotatable bonds is 7. The van der Waals surface area contributed by atoms with E-state index in [9.17, 15) is 23.9 Å². The Kier molecular flexibility index (Phi) is 7.46. The van der Waals surface area contributed by atoms with Gasteiger partial charge >= 0.3 is 0 Å². The van der Waals surface area contributed by atoms with Crippen LogP contribution < -0.4 is 16.4 Å². The lowest BCUT2D eigenvalue weighted by atomic mass is 10.0. The number of aromatic nitrogens is 6. The van der Waals surface area contributed by atoms with Crippen LogP contribution in [0.4, 0.5) is 10.2 Å². The zero-order valence-electron chi connectivity index (χ0n) is 24.4. The number of alkyl halides is 1. The molecule has 6 heterocycles. The van der Waals surface area contributed by atoms with E-state index in [0.717, 1.165) is 16.8 Å². The third kappa shape index (κ3) is 5.46. The Morgan fingerprint density at radius 2 is 1.96 bits per heavy atom. The molecule has 15 heteroatoms. The van der Waals surface area contributed by atoms with Crippen LogP contribution in [0.1, 0.15) is 34.4 Å². The van der Waals surface area contributed by atoms with E-state index in [1.165, 1.54) is 15.8 Å². The first-order chi connectivity index (χ1) is 22.2. The molecule has 2 aliphatic heterocycles. The summed E-state index contributed by atoms with van der Waals surface area (Å²) in [5.41, 5.74) is 10.9. The molecule has 0 radical (unpaired) electrons. The van der Waals surface area contributed by atoms with Gasteiger partial charge in [-0.15, -0.1) is 0 Å². The first kappa shape index (κ1) is 29.2. The fourth-order valence-corrected chi connectivity index (χ4v) is 6.04. The summed E-state index contributed by atoms with van der Waals surface area (Å²) in [7, 11) is 0. The fourth-order valence-electron chi connectivity index (χ4n) is 6.04. The van der Waals surface area contributed by atoms with E-state index >= 15 is 0 Å². The van der Waals surface area contributed by atoms with E-state index in [1.807, 2.05) is 6.07 Å². The van der Waals surface area contributed by atoms with Gasteiger partial charge in [0.2, 0.25) is 11.8 Å². The zero-order chi connectivity index (χ0) is 31.9. The molecule has 0 aliphatic carbocycles. The van der Waals surface area contributed by atoms with Crippen molar-refractivity contribution in [3.8, 4) is 22.4 Å². The third-order valence-electron chi connectivity index (χ3n) is 8.26. The van der Waals surface area contributed by atoms with Gasteiger partial charge in [-0.3, -0.25) is 19.1 Å². The van der Waals surface area contributed by atoms with Crippen LogP contribution in [0.3, 0.4) is 0 Å². The minimum absolute atomic E-state index is 0.149. The summed E-state index contributed by atoms with van der Waals surface area (Å²) in [6, 6.07) is 11.2. The molecule has 4 aromatic heterocycles. The molecule has 234 valence electrons. The maximum Gasteiger partial charge on any atom is 0.253 e. The molecular weight excluding hydrogens is 595 g/mol. The zero-order valence-corrected chi connectivity index (χ0v) is 24.4. The Morgan fingerprint density at radius 3 is 2.74 bits per heavy atom. The summed E-state index contributed by atoms with van der Waals surface area (Å²) in [6.45, 7) is -0.0203. The number of hydrogen-bond acceptors (Lipinski definition) is 9. The van der Waals surface area contributed by atoms with E-state index in [-0.39, 0.29) is 36.9 Å². The van der Waals surface area contributed by atoms with Crippen LogP contribution in [0, 0.1) is 0 Å². The average Bonchev–Trinajstić information content (AvgIpc) is 3.77. The van der Waals surface area contributed by atoms with E-state index in [0.29, 0.717) is 40.7 Å². The Morgan fingerprint density at radius 1 is 1.11 bits per heavy atom. The van der Waals surface area contributed by atoms with Crippen LogP contribution in [0.2, 0.25) is 0 Å². The molecule has 3 unspecified atom stereocenters. The van der Waals surface area contributed by atoms with E-state index in [1.54, 1.807) is 48.8 Å². The van der Waals surface area contributed by atoms with Crippen molar-refractivity contribution in [2.75, 3.05) is 18.4 Å². The standard InChI is InChI=1S/C31H29FN10O4/c32-19-11-25(31(46)39-26-10-17(3-6-34-26)23-12-20-22(38-23)5-7-35-30(20)45)41(14-19)27(43)15-42-24-2-1-16(18-4-8-36-37-13-18)9-21(24)28(40-42)29(33)44/h1-4,6,8-10,12-13,19,25,29,38,44H,5,7,11,14-15,33H2,(H,35,45)(H,34,39,46). The maximum absolute atomic E-state index is 14.7. The molecule has 46 heavy (non-hydrogen) atoms. The van der Waals surface area contributed by atoms with Gasteiger partial charge in [0.15, 0.2) is 0 Å². The molecule has 1 aromatic carbocycles. The highest BCUT2D eigenvalue weighted by atomic mass is 19.1. The molecule has 1 saturated heterocycles. The maximum atomic E-state index is 14.7. The minimum Gasteiger partial charge on any atom is -0.373 e. The Hall–Kier alpha value is -5.54. The summed E-state index contributed by atoms with van der Waals surface area (Å²) in [5.74, 6) is -1.04. The predicted molar refractivity (Wildman–Crippen MR) is 164 cm³/mol. The van der Waals surface area contributed by atoms with Gasteiger partial charge in [-0.05, 0) is 42.0 Å². The monoisotopic (exact) mass is 624 g/mol. The molecule has 14 nitrogen and oxygen atoms in total. The number of H-pyrrole nitrogens is 1. The number of hydrogen-bond donors (Lipinski definition) is 5. The highest BCUT2D eigenvalue weighted by molar-refractivity contribution is 5.99. The van der Waals surface area contributed by atoms with E-state index in [4.69, 9.17) is 5.73 Å². The SMILES string of the molecule is NC(O)c1nn(CC(=O)N2CC(F)CC2C(=O)Nc2cc(-c3cc4c([nH]3)CCNC4=O)ccn2)c2ccc(-c3ccnnc3)cc12. The quantitative estimate of drug-likeness (QED) is 0.167. The van der Waals surface area contributed by atoms with Gasteiger partial charge in [-0.2, -0.15) is 15.3 Å². The number of aliphatic hydroxyl groups excluding tert-OH is 1. The Balaban J connectivity index is 1.10. The Labute approximate surface area is 260 Å². The molecule has 3 atom stereocenters. The Bertz CT molecular complexity index is 1970. The lowest BCUT2D eigenvalue weighted by Crippen LogP contribution is -2.44. The molecular formula is C31H29FN10O4. The third-order valence-corrected chi connectivity index (χ3v) is 8.26. The van der Waals surface area contributed by atoms with Crippen LogP contribution >= 0.6 is 0 Å². The van der Waals surface area contributed by atoms with Gasteiger partial charge in [0.25, 0.3) is 5.91 Å². The van der Waals surface area contributed by atoms with Crippen molar-refractivity contribution in [1.82, 2.24) is 40.2 Å². The minimum atomic E-state index is -1.41. The smallest absolute Gasteiger partial charge is 0.253 e. The number of aliphatic hydroxyl groups is 1. The number of nitrogens with two attached hydrogens (primary N) is 1. The normalized spacial score (nSPS) is 18.3. The van der Waals surface area contributed by atoms with Crippen LogP contribution in [0.15, 0.2) is 61.1 Å². The van der Waals surface area contributed by atoms with Crippen molar-refractivity contribution in [2.45, 2.75) is 37.8 Å². The summed E-state index contributed by atoms with van der Waals surface area (Å²) in [6.07, 6.45) is 2.36. The van der Waals surface area contributed by atoms with Gasteiger partial charge in [0.05, 0.1) is 30.0 Å². The van der Waals surface area contributed by atoms with Crippen molar-refractivity contribution in [3.63, 3.8) is 0 Å². The fraction of sp³-hybridized carbons (Fsp3) is 0.258. The summed E-state index contributed by atoms with van der Waals surface area (Å²) in [4.78, 5) is 47.8. The lowest BCUT2D eigenvalue weighted by Gasteiger charge is -2.23. The van der Waals surface area contributed by atoms with E-state index < -0.39 is 30.3 Å². The summed E-state index contributed by atoms with van der Waals surface area (Å²) in [5, 5.41) is 28.4. The van der Waals surface area contributed by atoms with Crippen LogP contribution in [0.5, 0.6) is 0 Å². The molecule has 0 spiro atoms. The van der Waals surface area contributed by atoms with E-state index in [2.05, 4.69) is 35.9 Å². The highest BCUT2D eigenvalue weighted by Gasteiger charge is 2.40. The van der Waals surface area contributed by atoms with Gasteiger partial charge < -0.3 is 31.4 Å². The number of amides is 3. The first-order valence-electron chi connectivity index (χ1n) is 14.7. The number of nitrogens with one attached hydrogen (secondary N) is 3. The lowest BCUT2D eigenvalue weighted by molar-refractivity contribution is -0.137. The second-order valence-corrected chi connectivity index (χ2v) is 11.2. The van der Waals surface area contributed by atoms with Gasteiger partial charge in [0, 0.05) is 53.5 Å². The molecule has 7 rings (SSSR count). The molecule has 0 bridgehead atoms. The number of halogens is 1. The van der Waals surface area contributed by atoms with Gasteiger partial charge in [-0.25, -0.2) is 9.37 Å². The van der Waals surface area contributed by atoms with Gasteiger partial charge in [-0.1, -0.05) is 6.07 Å². The molecule has 3 amide bonds. The number of aromatic amines is 1. The number of pyridine rings is 1. The number of anilines is 1. The van der Waals surface area contributed by atoms with Crippen molar-refractivity contribution in [3.05, 3.63) is 78.0 Å². The second-order valence-electron chi connectivity index (χ2n) is 11.2. The number of carbonyl (C=O) groups is 3. The second kappa shape index (κ2) is 11.8. The number of likely N-dealkylation sites (tertiary alicyclic amines) is 1. The highest BCUT2D eigenvalue weighted by Crippen LogP contribution is 2.30. The average molecular weight is 625 g/mol. The van der Waals surface area contributed by atoms with Crippen LogP contribution in [-0.2, 0) is 22.6 Å². The summed E-state index contributed by atoms with van der Waals surface area (Å²) < 4.78 is 16.1. The molecule has 1 fully saturated rings.